The monoisotopic (exact) mass is 569 g/mol. The van der Waals surface area contributed by atoms with Crippen LogP contribution in [-0.4, -0.2) is 31.8 Å². The highest BCUT2D eigenvalue weighted by molar-refractivity contribution is 7.92. The van der Waals surface area contributed by atoms with Crippen molar-refractivity contribution in [3.05, 3.63) is 95.0 Å². The molecule has 208 valence electrons. The molecule has 6 nitrogen and oxygen atoms in total. The lowest BCUT2D eigenvalue weighted by Crippen LogP contribution is -2.32. The van der Waals surface area contributed by atoms with E-state index < -0.39 is 16.0 Å². The molecule has 3 aromatic carbocycles. The van der Waals surface area contributed by atoms with E-state index >= 15 is 0 Å². The first kappa shape index (κ1) is 30.4. The summed E-state index contributed by atoms with van der Waals surface area (Å²) >= 11 is 6.52. The van der Waals surface area contributed by atoms with E-state index in [1.54, 1.807) is 72.8 Å². The van der Waals surface area contributed by atoms with Gasteiger partial charge in [0.15, 0.2) is 5.78 Å². The number of nitrogens with zero attached hydrogens (tertiary/aromatic N) is 1. The molecule has 0 fully saturated rings. The fourth-order valence-electron chi connectivity index (χ4n) is 4.47. The maximum atomic E-state index is 13.6. The van der Waals surface area contributed by atoms with Gasteiger partial charge in [-0.25, -0.2) is 8.42 Å². The van der Waals surface area contributed by atoms with Crippen molar-refractivity contribution >= 4 is 39.1 Å². The summed E-state index contributed by atoms with van der Waals surface area (Å²) in [6, 6.07) is 22.0. The van der Waals surface area contributed by atoms with Crippen LogP contribution in [0.5, 0.6) is 0 Å². The molecule has 0 aromatic heterocycles. The van der Waals surface area contributed by atoms with Crippen LogP contribution in [-0.2, 0) is 14.8 Å². The zero-order valence-electron chi connectivity index (χ0n) is 22.1. The summed E-state index contributed by atoms with van der Waals surface area (Å²) < 4.78 is 28.6. The van der Waals surface area contributed by atoms with E-state index in [0.717, 1.165) is 51.4 Å². The van der Waals surface area contributed by atoms with Crippen LogP contribution in [0.2, 0.25) is 5.02 Å². The third kappa shape index (κ3) is 9.22. The minimum atomic E-state index is -3.82. The molecule has 0 aliphatic rings. The van der Waals surface area contributed by atoms with Crippen LogP contribution >= 0.6 is 11.6 Å². The van der Waals surface area contributed by atoms with Crippen molar-refractivity contribution in [2.24, 2.45) is 0 Å². The highest BCUT2D eigenvalue weighted by atomic mass is 35.5. The minimum Gasteiger partial charge on any atom is -0.481 e. The van der Waals surface area contributed by atoms with Crippen molar-refractivity contribution < 1.29 is 23.1 Å². The van der Waals surface area contributed by atoms with E-state index in [1.165, 1.54) is 4.31 Å². The highest BCUT2D eigenvalue weighted by Gasteiger charge is 2.25. The third-order valence-electron chi connectivity index (χ3n) is 6.60. The number of ketones is 1. The van der Waals surface area contributed by atoms with Crippen molar-refractivity contribution in [2.45, 2.75) is 69.1 Å². The molecule has 3 rings (SSSR count). The van der Waals surface area contributed by atoms with Crippen molar-refractivity contribution in [1.82, 2.24) is 0 Å². The summed E-state index contributed by atoms with van der Waals surface area (Å²) in [4.78, 5) is 23.7. The Hall–Kier alpha value is -3.16. The van der Waals surface area contributed by atoms with Crippen LogP contribution < -0.4 is 4.31 Å². The number of hydrogen-bond acceptors (Lipinski definition) is 4. The predicted molar refractivity (Wildman–Crippen MR) is 156 cm³/mol. The van der Waals surface area contributed by atoms with Crippen molar-refractivity contribution in [3.8, 4) is 0 Å². The average molecular weight is 570 g/mol. The van der Waals surface area contributed by atoms with Crippen LogP contribution in [0.15, 0.2) is 83.8 Å². The van der Waals surface area contributed by atoms with Crippen LogP contribution in [0, 0.1) is 0 Å². The molecule has 0 saturated carbocycles. The van der Waals surface area contributed by atoms with Crippen molar-refractivity contribution in [1.29, 1.82) is 0 Å². The van der Waals surface area contributed by atoms with Gasteiger partial charge in [0.05, 0.1) is 15.6 Å². The molecule has 0 atom stereocenters. The second kappa shape index (κ2) is 15.4. The Morgan fingerprint density at radius 2 is 1.26 bits per heavy atom. The van der Waals surface area contributed by atoms with Gasteiger partial charge in [-0.15, -0.1) is 0 Å². The largest absolute Gasteiger partial charge is 0.481 e. The number of carboxylic acid groups (broad SMARTS) is 1. The van der Waals surface area contributed by atoms with Crippen LogP contribution in [0.1, 0.15) is 80.1 Å². The summed E-state index contributed by atoms with van der Waals surface area (Å²) in [6.07, 6.45) is 8.76. The number of sulfonamides is 1. The molecule has 0 bridgehead atoms. The number of rotatable bonds is 17. The van der Waals surface area contributed by atoms with E-state index in [9.17, 15) is 18.0 Å². The van der Waals surface area contributed by atoms with Crippen LogP contribution in [0.4, 0.5) is 5.69 Å². The number of halogens is 1. The third-order valence-corrected chi connectivity index (χ3v) is 8.76. The Morgan fingerprint density at radius 1 is 0.718 bits per heavy atom. The molecule has 0 spiro atoms. The maximum Gasteiger partial charge on any atom is 0.303 e. The Balaban J connectivity index is 1.63. The van der Waals surface area contributed by atoms with Gasteiger partial charge in [0, 0.05) is 24.1 Å². The summed E-state index contributed by atoms with van der Waals surface area (Å²) in [5.74, 6) is -0.955. The molecular formula is C31H36ClNO5S. The van der Waals surface area contributed by atoms with Gasteiger partial charge in [-0.2, -0.15) is 0 Å². The Morgan fingerprint density at radius 3 is 1.82 bits per heavy atom. The number of aliphatic carboxylic acids is 1. The quantitative estimate of drug-likeness (QED) is 0.132. The Bertz CT molecular complexity index is 1310. The Kier molecular flexibility index (Phi) is 12.0. The van der Waals surface area contributed by atoms with E-state index in [1.807, 2.05) is 6.07 Å². The van der Waals surface area contributed by atoms with E-state index in [0.29, 0.717) is 29.8 Å². The van der Waals surface area contributed by atoms with Gasteiger partial charge in [-0.3, -0.25) is 13.9 Å². The highest BCUT2D eigenvalue weighted by Crippen LogP contribution is 2.30. The number of carbonyl (C=O) groups is 2. The molecule has 0 amide bonds. The van der Waals surface area contributed by atoms with Crippen LogP contribution in [0.3, 0.4) is 0 Å². The van der Waals surface area contributed by atoms with Gasteiger partial charge in [-0.1, -0.05) is 105 Å². The molecule has 0 unspecified atom stereocenters. The molecule has 0 saturated heterocycles. The standard InChI is InChI=1S/C31H36ClNO5S/c32-29-24-26(21-22-28(29)31(36)25-16-10-8-11-17-25)33(39(37,38)27-18-12-9-13-19-27)23-15-7-5-3-1-2-4-6-14-20-30(34)35/h8-13,16-19,21-22,24H,1-7,14-15,20,23H2,(H,34,35). The molecule has 1 N–H and O–H groups in total. The van der Waals surface area contributed by atoms with Gasteiger partial charge in [0.2, 0.25) is 0 Å². The first-order valence-corrected chi connectivity index (χ1v) is 15.3. The SMILES string of the molecule is O=C(O)CCCCCCCCCCCN(c1ccc(C(=O)c2ccccc2)c(Cl)c1)S(=O)(=O)c1ccccc1. The smallest absolute Gasteiger partial charge is 0.303 e. The van der Waals surface area contributed by atoms with E-state index in [-0.39, 0.29) is 22.1 Å². The summed E-state index contributed by atoms with van der Waals surface area (Å²) in [5, 5.41) is 8.90. The number of benzene rings is 3. The zero-order valence-corrected chi connectivity index (χ0v) is 23.7. The lowest BCUT2D eigenvalue weighted by molar-refractivity contribution is -0.137. The van der Waals surface area contributed by atoms with E-state index in [4.69, 9.17) is 16.7 Å². The molecule has 0 aliphatic heterocycles. The summed E-state index contributed by atoms with van der Waals surface area (Å²) in [7, 11) is -3.82. The average Bonchev–Trinajstić information content (AvgIpc) is 2.94. The molecule has 8 heteroatoms. The molecule has 3 aromatic rings. The molecule has 0 heterocycles. The number of anilines is 1. The van der Waals surface area contributed by atoms with Crippen LogP contribution in [0.25, 0.3) is 0 Å². The normalized spacial score (nSPS) is 11.3. The molecular weight excluding hydrogens is 534 g/mol. The minimum absolute atomic E-state index is 0.202. The number of unbranched alkanes of at least 4 members (excludes halogenated alkanes) is 8. The van der Waals surface area contributed by atoms with Crippen molar-refractivity contribution in [3.63, 3.8) is 0 Å². The molecule has 0 radical (unpaired) electrons. The van der Waals surface area contributed by atoms with E-state index in [2.05, 4.69) is 0 Å². The van der Waals surface area contributed by atoms with Gasteiger partial charge in [-0.05, 0) is 43.2 Å². The van der Waals surface area contributed by atoms with Crippen molar-refractivity contribution in [2.75, 3.05) is 10.8 Å². The second-order valence-corrected chi connectivity index (χ2v) is 11.8. The predicted octanol–water partition coefficient (Wildman–Crippen LogP) is 7.75. The zero-order chi connectivity index (χ0) is 28.1. The summed E-state index contributed by atoms with van der Waals surface area (Å²) in [6.45, 7) is 0.300. The lowest BCUT2D eigenvalue weighted by atomic mass is 10.0. The Labute approximate surface area is 236 Å². The molecule has 0 aliphatic carbocycles. The number of carbonyl (C=O) groups excluding carboxylic acids is 1. The maximum absolute atomic E-state index is 13.6. The molecule has 39 heavy (non-hydrogen) atoms. The fourth-order valence-corrected chi connectivity index (χ4v) is 6.24. The number of hydrogen-bond donors (Lipinski definition) is 1. The second-order valence-electron chi connectivity index (χ2n) is 9.58. The topological polar surface area (TPSA) is 91.8 Å². The fraction of sp³-hybridized carbons (Fsp3) is 0.355. The number of carboxylic acids is 1. The van der Waals surface area contributed by atoms with Gasteiger partial charge in [0.1, 0.15) is 0 Å². The first-order valence-electron chi connectivity index (χ1n) is 13.5. The van der Waals surface area contributed by atoms with Gasteiger partial charge in [0.25, 0.3) is 10.0 Å². The van der Waals surface area contributed by atoms with Gasteiger partial charge < -0.3 is 5.11 Å². The van der Waals surface area contributed by atoms with Gasteiger partial charge >= 0.3 is 5.97 Å². The summed E-state index contributed by atoms with van der Waals surface area (Å²) in [5.41, 5.74) is 1.27. The lowest BCUT2D eigenvalue weighted by Gasteiger charge is -2.25. The first-order chi connectivity index (χ1) is 18.8.